The maximum absolute atomic E-state index is 11.3. The van der Waals surface area contributed by atoms with Crippen molar-refractivity contribution in [3.63, 3.8) is 0 Å². The molecule has 0 aliphatic rings. The van der Waals surface area contributed by atoms with E-state index in [4.69, 9.17) is 9.47 Å². The first-order chi connectivity index (χ1) is 11.6. The number of ether oxygens (including phenoxy) is 2. The molecule has 0 unspecified atom stereocenters. The Morgan fingerprint density at radius 3 is 2.17 bits per heavy atom. The predicted molar refractivity (Wildman–Crippen MR) is 79.9 cm³/mol. The van der Waals surface area contributed by atoms with E-state index in [0.717, 1.165) is 4.80 Å². The summed E-state index contributed by atoms with van der Waals surface area (Å²) in [5.74, 6) is -0.483. The van der Waals surface area contributed by atoms with Crippen LogP contribution in [0, 0.1) is 10.1 Å². The third-order valence-corrected chi connectivity index (χ3v) is 2.94. The maximum atomic E-state index is 11.3. The molecule has 2 aromatic heterocycles. The Morgan fingerprint density at radius 2 is 1.62 bits per heavy atom. The highest BCUT2D eigenvalue weighted by Gasteiger charge is 2.26. The van der Waals surface area contributed by atoms with Crippen molar-refractivity contribution in [1.29, 1.82) is 0 Å². The summed E-state index contributed by atoms with van der Waals surface area (Å²) in [5.41, 5.74) is 0.641. The van der Waals surface area contributed by atoms with Crippen LogP contribution in [-0.2, 0) is 0 Å². The number of methoxy groups -OCH3 is 2. The van der Waals surface area contributed by atoms with Crippen molar-refractivity contribution in [3.8, 4) is 29.2 Å². The molecule has 0 bridgehead atoms. The second-order valence-electron chi connectivity index (χ2n) is 4.39. The highest BCUT2D eigenvalue weighted by molar-refractivity contribution is 5.66. The Balaban J connectivity index is 2.15. The van der Waals surface area contributed by atoms with Crippen molar-refractivity contribution in [2.75, 3.05) is 14.2 Å². The van der Waals surface area contributed by atoms with Crippen molar-refractivity contribution in [1.82, 2.24) is 29.9 Å². The van der Waals surface area contributed by atoms with Gasteiger partial charge in [-0.3, -0.25) is 0 Å². The number of benzene rings is 1. The molecule has 0 fully saturated rings. The first kappa shape index (κ1) is 15.3. The van der Waals surface area contributed by atoms with Crippen molar-refractivity contribution < 1.29 is 14.4 Å². The minimum absolute atomic E-state index is 0.0296. The highest BCUT2D eigenvalue weighted by Crippen LogP contribution is 2.26. The Morgan fingerprint density at radius 1 is 1.00 bits per heavy atom. The Kier molecular flexibility index (Phi) is 3.97. The van der Waals surface area contributed by atoms with Crippen LogP contribution in [0.3, 0.4) is 0 Å². The molecule has 0 N–H and O–H groups in total. The molecule has 0 saturated carbocycles. The SMILES string of the molecule is COc1nc(OC)nc(-n2nc(-c3ccccc3)c([N+](=O)[O-])n2)n1. The summed E-state index contributed by atoms with van der Waals surface area (Å²) in [6.45, 7) is 0. The lowest BCUT2D eigenvalue weighted by Gasteiger charge is -2.01. The fourth-order valence-electron chi connectivity index (χ4n) is 1.89. The largest absolute Gasteiger partial charge is 0.467 e. The van der Waals surface area contributed by atoms with E-state index in [9.17, 15) is 10.1 Å². The van der Waals surface area contributed by atoms with Gasteiger partial charge in [0.05, 0.1) is 19.3 Å². The molecule has 0 aliphatic heterocycles. The van der Waals surface area contributed by atoms with Crippen LogP contribution in [0.4, 0.5) is 5.82 Å². The lowest BCUT2D eigenvalue weighted by Crippen LogP contribution is -2.09. The molecule has 0 saturated heterocycles. The van der Waals surface area contributed by atoms with Crippen LogP contribution in [0.1, 0.15) is 0 Å². The molecule has 11 heteroatoms. The summed E-state index contributed by atoms with van der Waals surface area (Å²) in [6.07, 6.45) is 0. The van der Waals surface area contributed by atoms with Gasteiger partial charge in [0.1, 0.15) is 0 Å². The third-order valence-electron chi connectivity index (χ3n) is 2.94. The second kappa shape index (κ2) is 6.24. The van der Waals surface area contributed by atoms with Gasteiger partial charge in [-0.1, -0.05) is 30.3 Å². The van der Waals surface area contributed by atoms with Gasteiger partial charge in [-0.25, -0.2) is 0 Å². The van der Waals surface area contributed by atoms with Gasteiger partial charge in [0.25, 0.3) is 0 Å². The second-order valence-corrected chi connectivity index (χ2v) is 4.39. The zero-order valence-corrected chi connectivity index (χ0v) is 12.7. The molecule has 0 amide bonds. The molecule has 0 atom stereocenters. The topological polar surface area (TPSA) is 131 Å². The molecule has 3 aromatic rings. The summed E-state index contributed by atoms with van der Waals surface area (Å²) in [4.78, 5) is 23.4. The molecule has 122 valence electrons. The van der Waals surface area contributed by atoms with Gasteiger partial charge in [-0.05, 0) is 9.72 Å². The molecular formula is C13H11N7O4. The van der Waals surface area contributed by atoms with E-state index >= 15 is 0 Å². The average Bonchev–Trinajstić information content (AvgIpc) is 3.07. The minimum atomic E-state index is -0.624. The lowest BCUT2D eigenvalue weighted by molar-refractivity contribution is -0.389. The van der Waals surface area contributed by atoms with Crippen molar-refractivity contribution >= 4 is 5.82 Å². The maximum Gasteiger partial charge on any atom is 0.419 e. The van der Waals surface area contributed by atoms with Crippen molar-refractivity contribution in [3.05, 3.63) is 40.4 Å². The Labute approximate surface area is 135 Å². The number of hydrogen-bond acceptors (Lipinski definition) is 9. The zero-order valence-electron chi connectivity index (χ0n) is 12.7. The fourth-order valence-corrected chi connectivity index (χ4v) is 1.89. The van der Waals surface area contributed by atoms with Crippen LogP contribution in [-0.4, -0.2) is 49.1 Å². The van der Waals surface area contributed by atoms with Crippen LogP contribution in [0.15, 0.2) is 30.3 Å². The monoisotopic (exact) mass is 329 g/mol. The fraction of sp³-hybridized carbons (Fsp3) is 0.154. The number of nitrogens with zero attached hydrogens (tertiary/aromatic N) is 7. The molecule has 24 heavy (non-hydrogen) atoms. The zero-order chi connectivity index (χ0) is 17.1. The van der Waals surface area contributed by atoms with Crippen LogP contribution >= 0.6 is 0 Å². The van der Waals surface area contributed by atoms with Gasteiger partial charge < -0.3 is 19.6 Å². The molecule has 0 radical (unpaired) electrons. The van der Waals surface area contributed by atoms with Crippen LogP contribution in [0.5, 0.6) is 12.0 Å². The smallest absolute Gasteiger partial charge is 0.419 e. The number of nitro groups is 1. The van der Waals surface area contributed by atoms with Gasteiger partial charge in [-0.2, -0.15) is 9.97 Å². The van der Waals surface area contributed by atoms with Crippen LogP contribution in [0.25, 0.3) is 17.2 Å². The van der Waals surface area contributed by atoms with E-state index in [1.165, 1.54) is 14.2 Å². The third kappa shape index (κ3) is 2.82. The molecule has 0 aliphatic carbocycles. The molecule has 2 heterocycles. The first-order valence-electron chi connectivity index (χ1n) is 6.64. The summed E-state index contributed by atoms with van der Waals surface area (Å²) in [7, 11) is 2.74. The minimum Gasteiger partial charge on any atom is -0.467 e. The van der Waals surface area contributed by atoms with Gasteiger partial charge in [0.15, 0.2) is 5.69 Å². The van der Waals surface area contributed by atoms with E-state index in [1.54, 1.807) is 30.3 Å². The molecule has 0 spiro atoms. The van der Waals surface area contributed by atoms with E-state index in [2.05, 4.69) is 25.1 Å². The quantitative estimate of drug-likeness (QED) is 0.497. The molecular weight excluding hydrogens is 318 g/mol. The van der Waals surface area contributed by atoms with E-state index in [-0.39, 0.29) is 23.7 Å². The lowest BCUT2D eigenvalue weighted by atomic mass is 10.1. The van der Waals surface area contributed by atoms with Crippen LogP contribution in [0.2, 0.25) is 0 Å². The van der Waals surface area contributed by atoms with Gasteiger partial charge in [-0.15, -0.1) is 10.1 Å². The number of aromatic nitrogens is 6. The molecule has 11 nitrogen and oxygen atoms in total. The summed E-state index contributed by atoms with van der Waals surface area (Å²) in [6, 6.07) is 8.60. The van der Waals surface area contributed by atoms with E-state index in [0.29, 0.717) is 5.56 Å². The number of hydrogen-bond donors (Lipinski definition) is 0. The Hall–Kier alpha value is -3.63. The predicted octanol–water partition coefficient (Wildman–Crippen LogP) is 1.04. The first-order valence-corrected chi connectivity index (χ1v) is 6.64. The summed E-state index contributed by atoms with van der Waals surface area (Å²) < 4.78 is 9.89. The van der Waals surface area contributed by atoms with Crippen molar-refractivity contribution in [2.24, 2.45) is 0 Å². The van der Waals surface area contributed by atoms with Gasteiger partial charge in [0.2, 0.25) is 0 Å². The molecule has 3 rings (SSSR count). The van der Waals surface area contributed by atoms with E-state index in [1.807, 2.05) is 0 Å². The normalized spacial score (nSPS) is 10.4. The standard InChI is InChI=1S/C13H11N7O4/c1-23-12-14-11(15-13(16-12)24-2)19-17-9(10(18-19)20(21)22)8-6-4-3-5-7-8/h3-7H,1-2H3. The summed E-state index contributed by atoms with van der Waals surface area (Å²) >= 11 is 0. The average molecular weight is 329 g/mol. The highest BCUT2D eigenvalue weighted by atomic mass is 16.6. The summed E-state index contributed by atoms with van der Waals surface area (Å²) in [5, 5.41) is 19.2. The van der Waals surface area contributed by atoms with E-state index < -0.39 is 10.7 Å². The van der Waals surface area contributed by atoms with Gasteiger partial charge in [0, 0.05) is 5.56 Å². The van der Waals surface area contributed by atoms with Crippen molar-refractivity contribution in [2.45, 2.75) is 0 Å². The molecule has 1 aromatic carbocycles. The van der Waals surface area contributed by atoms with Crippen LogP contribution < -0.4 is 9.47 Å². The Bertz CT molecular complexity index is 859. The van der Waals surface area contributed by atoms with Gasteiger partial charge >= 0.3 is 23.8 Å². The number of rotatable bonds is 5.